The van der Waals surface area contributed by atoms with Gasteiger partial charge in [0.05, 0.1) is 12.3 Å². The Bertz CT molecular complexity index is 695. The second kappa shape index (κ2) is 7.00. The van der Waals surface area contributed by atoms with Crippen LogP contribution in [0.1, 0.15) is 34.6 Å². The minimum atomic E-state index is -0.272. The lowest BCUT2D eigenvalue weighted by molar-refractivity contribution is 0.0962. The highest BCUT2D eigenvalue weighted by Gasteiger charge is 2.20. The Morgan fingerprint density at radius 3 is 2.57 bits per heavy atom. The van der Waals surface area contributed by atoms with Crippen LogP contribution in [0.25, 0.3) is 0 Å². The fourth-order valence-corrected chi connectivity index (χ4v) is 2.25. The van der Waals surface area contributed by atoms with E-state index in [4.69, 9.17) is 4.42 Å². The van der Waals surface area contributed by atoms with Crippen molar-refractivity contribution in [3.8, 4) is 0 Å². The van der Waals surface area contributed by atoms with Gasteiger partial charge in [0.2, 0.25) is 0 Å². The summed E-state index contributed by atoms with van der Waals surface area (Å²) in [5.74, 6) is 0.523. The highest BCUT2D eigenvalue weighted by Crippen LogP contribution is 2.22. The first-order valence-electron chi connectivity index (χ1n) is 7.34. The number of carbonyl (C=O) groups is 2. The van der Waals surface area contributed by atoms with Crippen LogP contribution in [0.3, 0.4) is 0 Å². The smallest absolute Gasteiger partial charge is 0.322 e. The molecule has 1 atom stereocenters. The van der Waals surface area contributed by atoms with Crippen LogP contribution in [0.2, 0.25) is 0 Å². The van der Waals surface area contributed by atoms with Crippen LogP contribution in [-0.2, 0) is 0 Å². The van der Waals surface area contributed by atoms with Crippen LogP contribution in [0.15, 0.2) is 41.0 Å². The van der Waals surface area contributed by atoms with E-state index in [0.29, 0.717) is 17.0 Å². The Balaban J connectivity index is 2.15. The molecule has 1 heterocycles. The molecule has 3 amide bonds. The molecule has 0 bridgehead atoms. The van der Waals surface area contributed by atoms with Gasteiger partial charge in [0.1, 0.15) is 5.76 Å². The summed E-state index contributed by atoms with van der Waals surface area (Å²) in [6, 6.07) is 8.37. The highest BCUT2D eigenvalue weighted by molar-refractivity contribution is 5.98. The molecule has 0 fully saturated rings. The minimum Gasteiger partial charge on any atom is -0.467 e. The van der Waals surface area contributed by atoms with E-state index in [1.807, 2.05) is 13.0 Å². The van der Waals surface area contributed by atoms with Gasteiger partial charge in [-0.3, -0.25) is 4.79 Å². The van der Waals surface area contributed by atoms with E-state index in [-0.39, 0.29) is 18.0 Å². The van der Waals surface area contributed by atoms with Crippen molar-refractivity contribution in [2.24, 2.45) is 0 Å². The summed E-state index contributed by atoms with van der Waals surface area (Å²) in [5, 5.41) is 5.43. The van der Waals surface area contributed by atoms with Crippen molar-refractivity contribution in [3.05, 3.63) is 53.5 Å². The lowest BCUT2D eigenvalue weighted by Crippen LogP contribution is -2.33. The van der Waals surface area contributed by atoms with Gasteiger partial charge in [0.25, 0.3) is 5.91 Å². The average Bonchev–Trinajstić information content (AvgIpc) is 3.09. The van der Waals surface area contributed by atoms with Crippen molar-refractivity contribution in [3.63, 3.8) is 0 Å². The molecular weight excluding hydrogens is 294 g/mol. The molecule has 0 aliphatic rings. The Morgan fingerprint density at radius 2 is 1.96 bits per heavy atom. The van der Waals surface area contributed by atoms with E-state index in [0.717, 1.165) is 5.56 Å². The summed E-state index contributed by atoms with van der Waals surface area (Å²) in [6.07, 6.45) is 1.58. The third-order valence-electron chi connectivity index (χ3n) is 3.90. The van der Waals surface area contributed by atoms with Crippen molar-refractivity contribution >= 4 is 17.6 Å². The molecule has 0 saturated carbocycles. The monoisotopic (exact) mass is 315 g/mol. The summed E-state index contributed by atoms with van der Waals surface area (Å²) >= 11 is 0. The van der Waals surface area contributed by atoms with Crippen LogP contribution in [-0.4, -0.2) is 30.9 Å². The van der Waals surface area contributed by atoms with Crippen LogP contribution in [0.4, 0.5) is 10.5 Å². The number of hydrogen-bond donors (Lipinski definition) is 2. The zero-order valence-electron chi connectivity index (χ0n) is 13.7. The maximum Gasteiger partial charge on any atom is 0.322 e. The maximum atomic E-state index is 12.4. The summed E-state index contributed by atoms with van der Waals surface area (Å²) in [7, 11) is 3.27. The molecule has 2 aromatic rings. The molecular formula is C17H21N3O3. The minimum absolute atomic E-state index is 0.184. The van der Waals surface area contributed by atoms with E-state index in [2.05, 4.69) is 10.6 Å². The van der Waals surface area contributed by atoms with Crippen LogP contribution >= 0.6 is 0 Å². The SMILES string of the molecule is CNC(=O)c1cccc(NC(=O)N(C)C(C)c2ccco2)c1C. The van der Waals surface area contributed by atoms with Crippen molar-refractivity contribution in [1.82, 2.24) is 10.2 Å². The molecule has 122 valence electrons. The molecule has 0 spiro atoms. The molecule has 1 unspecified atom stereocenters. The fraction of sp³-hybridized carbons (Fsp3) is 0.294. The standard InChI is InChI=1S/C17H21N3O3/c1-11-13(16(21)18-3)7-5-8-14(11)19-17(22)20(4)12(2)15-9-6-10-23-15/h5-10,12H,1-4H3,(H,18,21)(H,19,22). The number of amides is 3. The van der Waals surface area contributed by atoms with E-state index in [1.165, 1.54) is 0 Å². The van der Waals surface area contributed by atoms with Gasteiger partial charge in [-0.2, -0.15) is 0 Å². The first-order chi connectivity index (χ1) is 11.0. The number of benzene rings is 1. The number of nitrogens with zero attached hydrogens (tertiary/aromatic N) is 1. The quantitative estimate of drug-likeness (QED) is 0.910. The van der Waals surface area contributed by atoms with Gasteiger partial charge in [-0.1, -0.05) is 6.07 Å². The lowest BCUT2D eigenvalue weighted by Gasteiger charge is -2.24. The number of rotatable bonds is 4. The van der Waals surface area contributed by atoms with Gasteiger partial charge >= 0.3 is 6.03 Å². The van der Waals surface area contributed by atoms with Crippen molar-refractivity contribution < 1.29 is 14.0 Å². The predicted molar refractivity (Wildman–Crippen MR) is 88.5 cm³/mol. The Labute approximate surface area is 135 Å². The topological polar surface area (TPSA) is 74.6 Å². The van der Waals surface area contributed by atoms with Crippen LogP contribution in [0, 0.1) is 6.92 Å². The van der Waals surface area contributed by atoms with E-state index >= 15 is 0 Å². The number of anilines is 1. The number of furan rings is 1. The van der Waals surface area contributed by atoms with Gasteiger partial charge in [-0.25, -0.2) is 4.79 Å². The first kappa shape index (κ1) is 16.6. The molecule has 1 aromatic heterocycles. The van der Waals surface area contributed by atoms with Crippen molar-refractivity contribution in [2.45, 2.75) is 19.9 Å². The number of urea groups is 1. The van der Waals surface area contributed by atoms with Gasteiger partial charge in [0.15, 0.2) is 0 Å². The summed E-state index contributed by atoms with van der Waals surface area (Å²) in [5.41, 5.74) is 1.86. The zero-order chi connectivity index (χ0) is 17.0. The second-order valence-corrected chi connectivity index (χ2v) is 5.29. The summed E-state index contributed by atoms with van der Waals surface area (Å²) in [4.78, 5) is 25.8. The molecule has 23 heavy (non-hydrogen) atoms. The third-order valence-corrected chi connectivity index (χ3v) is 3.90. The Hall–Kier alpha value is -2.76. The normalized spacial score (nSPS) is 11.7. The molecule has 2 rings (SSSR count). The molecule has 6 heteroatoms. The van der Waals surface area contributed by atoms with Crippen molar-refractivity contribution in [2.75, 3.05) is 19.4 Å². The molecule has 6 nitrogen and oxygen atoms in total. The molecule has 0 aliphatic heterocycles. The molecule has 0 radical (unpaired) electrons. The average molecular weight is 315 g/mol. The van der Waals surface area contributed by atoms with Gasteiger partial charge < -0.3 is 20.0 Å². The van der Waals surface area contributed by atoms with E-state index in [1.54, 1.807) is 56.4 Å². The third kappa shape index (κ3) is 3.53. The number of hydrogen-bond acceptors (Lipinski definition) is 3. The predicted octanol–water partition coefficient (Wildman–Crippen LogP) is 3.17. The molecule has 0 saturated heterocycles. The summed E-state index contributed by atoms with van der Waals surface area (Å²) in [6.45, 7) is 3.68. The van der Waals surface area contributed by atoms with E-state index in [9.17, 15) is 9.59 Å². The van der Waals surface area contributed by atoms with Crippen LogP contribution < -0.4 is 10.6 Å². The van der Waals surface area contributed by atoms with Crippen LogP contribution in [0.5, 0.6) is 0 Å². The molecule has 1 aromatic carbocycles. The highest BCUT2D eigenvalue weighted by atomic mass is 16.3. The summed E-state index contributed by atoms with van der Waals surface area (Å²) < 4.78 is 5.33. The van der Waals surface area contributed by atoms with Gasteiger partial charge in [-0.15, -0.1) is 0 Å². The lowest BCUT2D eigenvalue weighted by atomic mass is 10.1. The fourth-order valence-electron chi connectivity index (χ4n) is 2.25. The van der Waals surface area contributed by atoms with E-state index < -0.39 is 0 Å². The number of nitrogens with one attached hydrogen (secondary N) is 2. The number of carbonyl (C=O) groups excluding carboxylic acids is 2. The largest absolute Gasteiger partial charge is 0.467 e. The second-order valence-electron chi connectivity index (χ2n) is 5.29. The maximum absolute atomic E-state index is 12.4. The zero-order valence-corrected chi connectivity index (χ0v) is 13.7. The molecule has 0 aliphatic carbocycles. The van der Waals surface area contributed by atoms with Gasteiger partial charge in [-0.05, 0) is 43.7 Å². The Morgan fingerprint density at radius 1 is 1.22 bits per heavy atom. The first-order valence-corrected chi connectivity index (χ1v) is 7.34. The van der Waals surface area contributed by atoms with Crippen molar-refractivity contribution in [1.29, 1.82) is 0 Å². The van der Waals surface area contributed by atoms with Gasteiger partial charge in [0, 0.05) is 25.3 Å². The molecule has 2 N–H and O–H groups in total. The Kier molecular flexibility index (Phi) is 5.05.